The highest BCUT2D eigenvalue weighted by Gasteiger charge is 2.14. The minimum atomic E-state index is -0.414. The molecular formula is C20H42O3. The maximum absolute atomic E-state index is 9.65. The number of aliphatic hydroxyl groups excluding tert-OH is 1. The maximum atomic E-state index is 9.65. The second-order valence-corrected chi connectivity index (χ2v) is 6.88. The van der Waals surface area contributed by atoms with E-state index in [2.05, 4.69) is 6.92 Å². The van der Waals surface area contributed by atoms with E-state index in [-0.39, 0.29) is 12.9 Å². The monoisotopic (exact) mass is 330 g/mol. The lowest BCUT2D eigenvalue weighted by Crippen LogP contribution is -2.27. The number of methoxy groups -OCH3 is 1. The molecule has 3 heteroatoms. The molecule has 0 aliphatic carbocycles. The molecule has 0 aliphatic heterocycles. The quantitative estimate of drug-likeness (QED) is 0.253. The second kappa shape index (κ2) is 18.2. The van der Waals surface area contributed by atoms with Gasteiger partial charge in [0.1, 0.15) is 6.79 Å². The zero-order valence-corrected chi connectivity index (χ0v) is 16.0. The molecule has 0 spiro atoms. The summed E-state index contributed by atoms with van der Waals surface area (Å²) in [7, 11) is 1.62. The van der Waals surface area contributed by atoms with Crippen molar-refractivity contribution in [1.29, 1.82) is 0 Å². The van der Waals surface area contributed by atoms with E-state index in [9.17, 15) is 5.11 Å². The fourth-order valence-electron chi connectivity index (χ4n) is 2.98. The molecule has 1 N–H and O–H groups in total. The fraction of sp³-hybridized carbons (Fsp3) is 1.00. The molecule has 0 rings (SSSR count). The van der Waals surface area contributed by atoms with Crippen LogP contribution < -0.4 is 0 Å². The van der Waals surface area contributed by atoms with Gasteiger partial charge in [-0.2, -0.15) is 0 Å². The lowest BCUT2D eigenvalue weighted by Gasteiger charge is -2.19. The summed E-state index contributed by atoms with van der Waals surface area (Å²) in [5.41, 5.74) is 0. The van der Waals surface area contributed by atoms with E-state index in [4.69, 9.17) is 9.47 Å². The molecule has 140 valence electrons. The molecule has 23 heavy (non-hydrogen) atoms. The lowest BCUT2D eigenvalue weighted by atomic mass is 10.0. The van der Waals surface area contributed by atoms with Gasteiger partial charge in [0.05, 0.1) is 12.2 Å². The first-order valence-electron chi connectivity index (χ1n) is 10.0. The highest BCUT2D eigenvalue weighted by Crippen LogP contribution is 2.15. The van der Waals surface area contributed by atoms with Crippen molar-refractivity contribution in [1.82, 2.24) is 0 Å². The van der Waals surface area contributed by atoms with Gasteiger partial charge in [0.2, 0.25) is 0 Å². The molecule has 0 bridgehead atoms. The van der Waals surface area contributed by atoms with Gasteiger partial charge in [0.25, 0.3) is 0 Å². The number of aliphatic hydroxyl groups is 1. The van der Waals surface area contributed by atoms with Crippen LogP contribution in [-0.4, -0.2) is 31.2 Å². The summed E-state index contributed by atoms with van der Waals surface area (Å²) >= 11 is 0. The SMILES string of the molecule is CCCCCCCCCCCCCCC[C@@H](OCOC)[C@@H](C)O. The number of rotatable bonds is 18. The summed E-state index contributed by atoms with van der Waals surface area (Å²) in [5, 5.41) is 9.65. The predicted octanol–water partition coefficient (Wildman–Crippen LogP) is 5.84. The largest absolute Gasteiger partial charge is 0.391 e. The summed E-state index contributed by atoms with van der Waals surface area (Å²) in [6.45, 7) is 4.34. The fourth-order valence-corrected chi connectivity index (χ4v) is 2.98. The maximum Gasteiger partial charge on any atom is 0.146 e. The van der Waals surface area contributed by atoms with Crippen LogP contribution >= 0.6 is 0 Å². The lowest BCUT2D eigenvalue weighted by molar-refractivity contribution is -0.111. The van der Waals surface area contributed by atoms with Crippen molar-refractivity contribution in [2.24, 2.45) is 0 Å². The topological polar surface area (TPSA) is 38.7 Å². The van der Waals surface area contributed by atoms with Crippen LogP contribution in [0.2, 0.25) is 0 Å². The van der Waals surface area contributed by atoms with Crippen molar-refractivity contribution in [2.75, 3.05) is 13.9 Å². The van der Waals surface area contributed by atoms with E-state index < -0.39 is 6.10 Å². The molecular weight excluding hydrogens is 288 g/mol. The van der Waals surface area contributed by atoms with Crippen molar-refractivity contribution in [3.8, 4) is 0 Å². The summed E-state index contributed by atoms with van der Waals surface area (Å²) < 4.78 is 10.4. The van der Waals surface area contributed by atoms with Gasteiger partial charge >= 0.3 is 0 Å². The average Bonchev–Trinajstić information content (AvgIpc) is 2.54. The molecule has 0 aromatic carbocycles. The van der Waals surface area contributed by atoms with Gasteiger partial charge < -0.3 is 14.6 Å². The number of hydrogen-bond donors (Lipinski definition) is 1. The Morgan fingerprint density at radius 1 is 0.739 bits per heavy atom. The van der Waals surface area contributed by atoms with Gasteiger partial charge in [-0.05, 0) is 13.3 Å². The van der Waals surface area contributed by atoms with Gasteiger partial charge in [-0.1, -0.05) is 90.4 Å². The first-order valence-corrected chi connectivity index (χ1v) is 10.0. The predicted molar refractivity (Wildman–Crippen MR) is 98.7 cm³/mol. The van der Waals surface area contributed by atoms with Crippen molar-refractivity contribution in [3.63, 3.8) is 0 Å². The highest BCUT2D eigenvalue weighted by atomic mass is 16.7. The first-order chi connectivity index (χ1) is 11.2. The summed E-state index contributed by atoms with van der Waals surface area (Å²) in [6.07, 6.45) is 18.2. The van der Waals surface area contributed by atoms with Crippen LogP contribution in [-0.2, 0) is 9.47 Å². The minimum Gasteiger partial charge on any atom is -0.391 e. The van der Waals surface area contributed by atoms with Crippen LogP contribution in [0.1, 0.15) is 104 Å². The van der Waals surface area contributed by atoms with Crippen LogP contribution in [0.3, 0.4) is 0 Å². The Morgan fingerprint density at radius 3 is 1.57 bits per heavy atom. The summed E-state index contributed by atoms with van der Waals surface area (Å²) in [5.74, 6) is 0. The average molecular weight is 331 g/mol. The number of hydrogen-bond acceptors (Lipinski definition) is 3. The summed E-state index contributed by atoms with van der Waals surface area (Å²) in [6, 6.07) is 0. The molecule has 3 nitrogen and oxygen atoms in total. The highest BCUT2D eigenvalue weighted by molar-refractivity contribution is 4.64. The molecule has 0 aliphatic rings. The Labute approximate surface area is 145 Å². The molecule has 0 aromatic heterocycles. The Kier molecular flexibility index (Phi) is 18.1. The van der Waals surface area contributed by atoms with Gasteiger partial charge in [0.15, 0.2) is 0 Å². The molecule has 0 amide bonds. The molecule has 0 saturated heterocycles. The van der Waals surface area contributed by atoms with E-state index >= 15 is 0 Å². The molecule has 0 saturated carbocycles. The van der Waals surface area contributed by atoms with Crippen molar-refractivity contribution < 1.29 is 14.6 Å². The molecule has 0 unspecified atom stereocenters. The van der Waals surface area contributed by atoms with E-state index in [1.807, 2.05) is 0 Å². The van der Waals surface area contributed by atoms with Crippen LogP contribution in [0.4, 0.5) is 0 Å². The Hall–Kier alpha value is -0.120. The summed E-state index contributed by atoms with van der Waals surface area (Å²) in [4.78, 5) is 0. The number of ether oxygens (including phenoxy) is 2. The van der Waals surface area contributed by atoms with Gasteiger partial charge in [-0.3, -0.25) is 0 Å². The van der Waals surface area contributed by atoms with Crippen LogP contribution in [0.25, 0.3) is 0 Å². The molecule has 0 radical (unpaired) electrons. The first kappa shape index (κ1) is 22.9. The van der Waals surface area contributed by atoms with E-state index in [1.165, 1.54) is 77.0 Å². The number of unbranched alkanes of at least 4 members (excludes halogenated alkanes) is 12. The van der Waals surface area contributed by atoms with Crippen molar-refractivity contribution in [3.05, 3.63) is 0 Å². The van der Waals surface area contributed by atoms with Crippen LogP contribution in [0.5, 0.6) is 0 Å². The van der Waals surface area contributed by atoms with E-state index in [0.717, 1.165) is 12.8 Å². The zero-order valence-electron chi connectivity index (χ0n) is 16.0. The normalized spacial score (nSPS) is 14.1. The van der Waals surface area contributed by atoms with Crippen LogP contribution in [0, 0.1) is 0 Å². The Morgan fingerprint density at radius 2 is 1.17 bits per heavy atom. The third-order valence-corrected chi connectivity index (χ3v) is 4.53. The molecule has 0 heterocycles. The van der Waals surface area contributed by atoms with E-state index in [0.29, 0.717) is 0 Å². The minimum absolute atomic E-state index is 0.0809. The Bertz CT molecular complexity index is 219. The van der Waals surface area contributed by atoms with Gasteiger partial charge in [0, 0.05) is 7.11 Å². The third-order valence-electron chi connectivity index (χ3n) is 4.53. The molecule has 0 fully saturated rings. The van der Waals surface area contributed by atoms with Crippen LogP contribution in [0.15, 0.2) is 0 Å². The molecule has 2 atom stereocenters. The molecule has 0 aromatic rings. The van der Waals surface area contributed by atoms with Crippen molar-refractivity contribution in [2.45, 2.75) is 116 Å². The van der Waals surface area contributed by atoms with E-state index in [1.54, 1.807) is 14.0 Å². The third kappa shape index (κ3) is 16.5. The Balaban J connectivity index is 3.25. The zero-order chi connectivity index (χ0) is 17.2. The second-order valence-electron chi connectivity index (χ2n) is 6.88. The van der Waals surface area contributed by atoms with Gasteiger partial charge in [-0.15, -0.1) is 0 Å². The van der Waals surface area contributed by atoms with Crippen molar-refractivity contribution >= 4 is 0 Å². The van der Waals surface area contributed by atoms with Gasteiger partial charge in [-0.25, -0.2) is 0 Å². The standard InChI is InChI=1S/C20H42O3/c1-4-5-6-7-8-9-10-11-12-13-14-15-16-17-20(19(2)21)23-18-22-3/h19-21H,4-18H2,1-3H3/t19-,20-/m1/s1. The smallest absolute Gasteiger partial charge is 0.146 e.